The SMILES string of the molecule is CC(=O)OC(CCCCCCCCO[Si](C)(C)C(C)(C)C)C1=CC(=O)OC1O[Si](C)(C)C(C)(C)C. The summed E-state index contributed by atoms with van der Waals surface area (Å²) in [5.74, 6) is -0.788. The lowest BCUT2D eigenvalue weighted by molar-refractivity contribution is -0.152. The summed E-state index contributed by atoms with van der Waals surface area (Å²) in [6, 6.07) is 0. The Bertz CT molecular complexity index is 731. The number of esters is 2. The van der Waals surface area contributed by atoms with Gasteiger partial charge in [0.25, 0.3) is 0 Å². The van der Waals surface area contributed by atoms with Gasteiger partial charge in [0, 0.05) is 25.2 Å². The molecule has 0 aromatic rings. The molecule has 204 valence electrons. The third kappa shape index (κ3) is 10.5. The fraction of sp³-hybridized carbons (Fsp3) is 0.852. The normalized spacial score (nSPS) is 18.3. The van der Waals surface area contributed by atoms with Gasteiger partial charge in [-0.2, -0.15) is 0 Å². The Morgan fingerprint density at radius 3 is 1.94 bits per heavy atom. The molecule has 0 saturated heterocycles. The molecule has 0 aliphatic carbocycles. The van der Waals surface area contributed by atoms with Crippen molar-refractivity contribution in [2.75, 3.05) is 6.61 Å². The highest BCUT2D eigenvalue weighted by atomic mass is 28.4. The van der Waals surface area contributed by atoms with Gasteiger partial charge in [-0.05, 0) is 55.5 Å². The molecule has 6 nitrogen and oxygen atoms in total. The van der Waals surface area contributed by atoms with E-state index in [9.17, 15) is 9.59 Å². The van der Waals surface area contributed by atoms with Crippen LogP contribution in [-0.2, 0) is 27.9 Å². The second-order valence-electron chi connectivity index (χ2n) is 12.9. The molecule has 2 atom stereocenters. The van der Waals surface area contributed by atoms with E-state index in [0.717, 1.165) is 38.7 Å². The highest BCUT2D eigenvalue weighted by Gasteiger charge is 2.44. The van der Waals surface area contributed by atoms with E-state index in [2.05, 4.69) is 67.7 Å². The second kappa shape index (κ2) is 13.0. The van der Waals surface area contributed by atoms with Gasteiger partial charge < -0.3 is 18.3 Å². The van der Waals surface area contributed by atoms with E-state index in [1.807, 2.05) is 0 Å². The Balaban J connectivity index is 2.51. The summed E-state index contributed by atoms with van der Waals surface area (Å²) in [4.78, 5) is 23.9. The van der Waals surface area contributed by atoms with Gasteiger partial charge in [0.15, 0.2) is 16.6 Å². The molecule has 0 aromatic carbocycles. The predicted octanol–water partition coefficient (Wildman–Crippen LogP) is 7.50. The van der Waals surface area contributed by atoms with Crippen molar-refractivity contribution < 1.29 is 27.9 Å². The van der Waals surface area contributed by atoms with Crippen LogP contribution in [0.15, 0.2) is 11.6 Å². The first-order valence-corrected chi connectivity index (χ1v) is 19.1. The Morgan fingerprint density at radius 2 is 1.43 bits per heavy atom. The van der Waals surface area contributed by atoms with Crippen LogP contribution in [0, 0.1) is 0 Å². The maximum atomic E-state index is 12.1. The van der Waals surface area contributed by atoms with E-state index in [1.165, 1.54) is 19.4 Å². The minimum absolute atomic E-state index is 0.0280. The molecule has 0 N–H and O–H groups in total. The predicted molar refractivity (Wildman–Crippen MR) is 147 cm³/mol. The smallest absolute Gasteiger partial charge is 0.333 e. The minimum Gasteiger partial charge on any atom is -0.458 e. The topological polar surface area (TPSA) is 71.1 Å². The van der Waals surface area contributed by atoms with Gasteiger partial charge in [0.2, 0.25) is 6.29 Å². The van der Waals surface area contributed by atoms with Gasteiger partial charge in [0.1, 0.15) is 6.10 Å². The van der Waals surface area contributed by atoms with Gasteiger partial charge in [-0.1, -0.05) is 67.2 Å². The quantitative estimate of drug-likeness (QED) is 0.132. The molecule has 35 heavy (non-hydrogen) atoms. The van der Waals surface area contributed by atoms with Crippen molar-refractivity contribution in [2.24, 2.45) is 0 Å². The molecule has 0 radical (unpaired) electrons. The number of rotatable bonds is 14. The highest BCUT2D eigenvalue weighted by molar-refractivity contribution is 6.74. The zero-order valence-electron chi connectivity index (χ0n) is 24.3. The van der Waals surface area contributed by atoms with Crippen LogP contribution in [0.2, 0.25) is 36.3 Å². The van der Waals surface area contributed by atoms with E-state index >= 15 is 0 Å². The van der Waals surface area contributed by atoms with Crippen LogP contribution in [0.4, 0.5) is 0 Å². The number of ether oxygens (including phenoxy) is 2. The summed E-state index contributed by atoms with van der Waals surface area (Å²) in [6.45, 7) is 24.3. The summed E-state index contributed by atoms with van der Waals surface area (Å²) < 4.78 is 23.7. The first-order chi connectivity index (χ1) is 15.9. The number of unbranched alkanes of at least 4 members (excludes halogenated alkanes) is 5. The zero-order valence-corrected chi connectivity index (χ0v) is 26.3. The van der Waals surface area contributed by atoms with Crippen molar-refractivity contribution in [3.63, 3.8) is 0 Å². The first kappa shape index (κ1) is 32.1. The molecule has 0 bridgehead atoms. The van der Waals surface area contributed by atoms with Gasteiger partial charge in [0.05, 0.1) is 0 Å². The third-order valence-corrected chi connectivity index (χ3v) is 16.8. The summed E-state index contributed by atoms with van der Waals surface area (Å²) in [6.07, 6.45) is 7.38. The number of carbonyl (C=O) groups excluding carboxylic acids is 2. The molecule has 2 unspecified atom stereocenters. The standard InChI is InChI=1S/C27H52O6Si2/c1-21(28)31-23(22-20-24(29)32-25(22)33-35(10,11)27(5,6)7)18-16-14-12-13-15-17-19-30-34(8,9)26(2,3)4/h20,23,25H,12-19H2,1-11H3. The molecule has 0 spiro atoms. The average Bonchev–Trinajstić information content (AvgIpc) is 3.02. The Labute approximate surface area is 216 Å². The van der Waals surface area contributed by atoms with Crippen LogP contribution < -0.4 is 0 Å². The lowest BCUT2D eigenvalue weighted by atomic mass is 10.0. The molecule has 1 aliphatic heterocycles. The van der Waals surface area contributed by atoms with E-state index < -0.39 is 35.0 Å². The molecule has 1 heterocycles. The maximum Gasteiger partial charge on any atom is 0.333 e. The lowest BCUT2D eigenvalue weighted by Crippen LogP contribution is -2.45. The van der Waals surface area contributed by atoms with Crippen LogP contribution in [0.5, 0.6) is 0 Å². The van der Waals surface area contributed by atoms with Crippen molar-refractivity contribution in [3.05, 3.63) is 11.6 Å². The van der Waals surface area contributed by atoms with E-state index in [0.29, 0.717) is 12.0 Å². The van der Waals surface area contributed by atoms with Crippen LogP contribution >= 0.6 is 0 Å². The van der Waals surface area contributed by atoms with Crippen LogP contribution in [-0.4, -0.2) is 47.6 Å². The average molecular weight is 529 g/mol. The Morgan fingerprint density at radius 1 is 0.914 bits per heavy atom. The van der Waals surface area contributed by atoms with Crippen LogP contribution in [0.1, 0.15) is 93.4 Å². The zero-order chi connectivity index (χ0) is 27.1. The fourth-order valence-electron chi connectivity index (χ4n) is 3.37. The van der Waals surface area contributed by atoms with Crippen molar-refractivity contribution in [1.29, 1.82) is 0 Å². The molecule has 8 heteroatoms. The van der Waals surface area contributed by atoms with Gasteiger partial charge >= 0.3 is 11.9 Å². The van der Waals surface area contributed by atoms with Crippen molar-refractivity contribution >= 4 is 28.6 Å². The first-order valence-electron chi connectivity index (χ1n) is 13.3. The third-order valence-electron chi connectivity index (χ3n) is 7.80. The summed E-state index contributed by atoms with van der Waals surface area (Å²) in [5, 5.41) is 0.227. The van der Waals surface area contributed by atoms with Crippen molar-refractivity contribution in [2.45, 2.75) is 142 Å². The molecule has 1 rings (SSSR count). The molecule has 0 fully saturated rings. The molecule has 0 saturated carbocycles. The van der Waals surface area contributed by atoms with Crippen LogP contribution in [0.25, 0.3) is 0 Å². The Hall–Kier alpha value is -0.966. The minimum atomic E-state index is -2.18. The molecular formula is C27H52O6Si2. The largest absolute Gasteiger partial charge is 0.458 e. The van der Waals surface area contributed by atoms with Crippen molar-refractivity contribution in [3.8, 4) is 0 Å². The van der Waals surface area contributed by atoms with E-state index in [4.69, 9.17) is 18.3 Å². The fourth-order valence-corrected chi connectivity index (χ4v) is 5.53. The monoisotopic (exact) mass is 528 g/mol. The highest BCUT2D eigenvalue weighted by Crippen LogP contribution is 2.40. The number of carbonyl (C=O) groups is 2. The summed E-state index contributed by atoms with van der Waals surface area (Å²) in [7, 11) is -3.83. The van der Waals surface area contributed by atoms with Gasteiger partial charge in [-0.3, -0.25) is 4.79 Å². The van der Waals surface area contributed by atoms with E-state index in [1.54, 1.807) is 0 Å². The number of cyclic esters (lactones) is 1. The van der Waals surface area contributed by atoms with Crippen LogP contribution in [0.3, 0.4) is 0 Å². The van der Waals surface area contributed by atoms with E-state index in [-0.39, 0.29) is 16.0 Å². The maximum absolute atomic E-state index is 12.1. The summed E-state index contributed by atoms with van der Waals surface area (Å²) in [5.41, 5.74) is 0.637. The molecule has 1 aliphatic rings. The second-order valence-corrected chi connectivity index (χ2v) is 22.5. The van der Waals surface area contributed by atoms with Gasteiger partial charge in [-0.25, -0.2) is 4.79 Å². The molecular weight excluding hydrogens is 476 g/mol. The lowest BCUT2D eigenvalue weighted by Gasteiger charge is -2.38. The van der Waals surface area contributed by atoms with Crippen molar-refractivity contribution in [1.82, 2.24) is 0 Å². The Kier molecular flexibility index (Phi) is 11.9. The summed E-state index contributed by atoms with van der Waals surface area (Å²) >= 11 is 0. The molecule has 0 amide bonds. The molecule has 0 aromatic heterocycles. The van der Waals surface area contributed by atoms with Gasteiger partial charge in [-0.15, -0.1) is 0 Å². The number of hydrogen-bond donors (Lipinski definition) is 0. The number of hydrogen-bond acceptors (Lipinski definition) is 6.